The Hall–Kier alpha value is -3.35. The molecule has 0 radical (unpaired) electrons. The van der Waals surface area contributed by atoms with Crippen molar-refractivity contribution >= 4 is 49.4 Å². The van der Waals surface area contributed by atoms with Crippen LogP contribution in [0.1, 0.15) is 41.5 Å². The number of methoxy groups -OCH3 is 1. The molecule has 2 aromatic carbocycles. The fourth-order valence-corrected chi connectivity index (χ4v) is 6.05. The molecule has 0 spiro atoms. The second-order valence-electron chi connectivity index (χ2n) is 7.48. The van der Waals surface area contributed by atoms with Gasteiger partial charge in [-0.1, -0.05) is 25.2 Å². The van der Waals surface area contributed by atoms with Gasteiger partial charge in [0.1, 0.15) is 6.54 Å². The summed E-state index contributed by atoms with van der Waals surface area (Å²) in [7, 11) is -2.38. The standard InChI is InChI=1S/C24H27N3O7S2/c1-5-26(6-2)36(31,32)18-11-8-16(9-12-18)22(29)25-24-27(15-21(28)34-7-3)19-13-10-17(23(30)33-4)14-20(19)35-24/h8-14H,5-7,15H2,1-4H3. The van der Waals surface area contributed by atoms with E-state index in [0.717, 1.165) is 11.3 Å². The molecule has 36 heavy (non-hydrogen) atoms. The number of carbonyl (C=O) groups excluding carboxylic acids is 3. The van der Waals surface area contributed by atoms with E-state index in [1.165, 1.54) is 40.2 Å². The topological polar surface area (TPSA) is 124 Å². The summed E-state index contributed by atoms with van der Waals surface area (Å²) in [5.74, 6) is -1.63. The van der Waals surface area contributed by atoms with Crippen LogP contribution in [-0.4, -0.2) is 61.9 Å². The summed E-state index contributed by atoms with van der Waals surface area (Å²) >= 11 is 1.12. The van der Waals surface area contributed by atoms with Crippen LogP contribution in [0.5, 0.6) is 0 Å². The molecule has 1 aromatic heterocycles. The van der Waals surface area contributed by atoms with Crippen LogP contribution in [-0.2, 0) is 30.8 Å². The molecule has 12 heteroatoms. The van der Waals surface area contributed by atoms with E-state index in [1.807, 2.05) is 0 Å². The minimum absolute atomic E-state index is 0.0809. The molecular weight excluding hydrogens is 506 g/mol. The van der Waals surface area contributed by atoms with Crippen molar-refractivity contribution in [2.24, 2.45) is 4.99 Å². The van der Waals surface area contributed by atoms with Crippen LogP contribution in [0.15, 0.2) is 52.4 Å². The summed E-state index contributed by atoms with van der Waals surface area (Å²) in [6.45, 7) is 5.87. The number of amides is 1. The van der Waals surface area contributed by atoms with Crippen molar-refractivity contribution in [1.29, 1.82) is 0 Å². The molecule has 0 atom stereocenters. The number of fused-ring (bicyclic) bond motifs is 1. The largest absolute Gasteiger partial charge is 0.465 e. The van der Waals surface area contributed by atoms with E-state index >= 15 is 0 Å². The van der Waals surface area contributed by atoms with Crippen LogP contribution in [0.4, 0.5) is 0 Å². The Morgan fingerprint density at radius 2 is 1.64 bits per heavy atom. The van der Waals surface area contributed by atoms with Gasteiger partial charge in [0.05, 0.1) is 34.4 Å². The van der Waals surface area contributed by atoms with Crippen molar-refractivity contribution in [2.75, 3.05) is 26.8 Å². The van der Waals surface area contributed by atoms with Gasteiger partial charge in [-0.05, 0) is 49.4 Å². The zero-order chi connectivity index (χ0) is 26.5. The minimum atomic E-state index is -3.66. The highest BCUT2D eigenvalue weighted by molar-refractivity contribution is 7.89. The van der Waals surface area contributed by atoms with Gasteiger partial charge in [-0.15, -0.1) is 0 Å². The Morgan fingerprint density at radius 3 is 2.22 bits per heavy atom. The number of carbonyl (C=O) groups is 3. The average Bonchev–Trinajstić information content (AvgIpc) is 3.20. The Bertz CT molecular complexity index is 1450. The van der Waals surface area contributed by atoms with Crippen LogP contribution >= 0.6 is 11.3 Å². The summed E-state index contributed by atoms with van der Waals surface area (Å²) in [5.41, 5.74) is 1.09. The number of rotatable bonds is 9. The number of esters is 2. The number of hydrogen-bond donors (Lipinski definition) is 0. The maximum atomic E-state index is 13.0. The first-order chi connectivity index (χ1) is 17.2. The Morgan fingerprint density at radius 1 is 1.00 bits per heavy atom. The van der Waals surface area contributed by atoms with Crippen LogP contribution in [0.3, 0.4) is 0 Å². The molecule has 0 saturated carbocycles. The van der Waals surface area contributed by atoms with E-state index in [0.29, 0.717) is 28.9 Å². The third-order valence-corrected chi connectivity index (χ3v) is 8.44. The molecule has 0 saturated heterocycles. The normalized spacial score (nSPS) is 12.2. The lowest BCUT2D eigenvalue weighted by atomic mass is 10.2. The monoisotopic (exact) mass is 533 g/mol. The Labute approximate surface area is 212 Å². The van der Waals surface area contributed by atoms with Crippen LogP contribution in [0, 0.1) is 0 Å². The van der Waals surface area contributed by atoms with Crippen molar-refractivity contribution in [2.45, 2.75) is 32.2 Å². The molecule has 10 nitrogen and oxygen atoms in total. The zero-order valence-electron chi connectivity index (χ0n) is 20.4. The van der Waals surface area contributed by atoms with Crippen molar-refractivity contribution in [3.63, 3.8) is 0 Å². The summed E-state index contributed by atoms with van der Waals surface area (Å²) in [6.07, 6.45) is 0. The van der Waals surface area contributed by atoms with Crippen molar-refractivity contribution in [3.05, 3.63) is 58.4 Å². The molecule has 1 amide bonds. The lowest BCUT2D eigenvalue weighted by Gasteiger charge is -2.18. The minimum Gasteiger partial charge on any atom is -0.465 e. The van der Waals surface area contributed by atoms with Crippen LogP contribution in [0.2, 0.25) is 0 Å². The van der Waals surface area contributed by atoms with Gasteiger partial charge >= 0.3 is 11.9 Å². The first-order valence-electron chi connectivity index (χ1n) is 11.2. The molecule has 3 aromatic rings. The van der Waals surface area contributed by atoms with Crippen LogP contribution < -0.4 is 4.80 Å². The highest BCUT2D eigenvalue weighted by Gasteiger charge is 2.22. The highest BCUT2D eigenvalue weighted by atomic mass is 32.2. The van der Waals surface area contributed by atoms with Crippen molar-refractivity contribution < 1.29 is 32.3 Å². The number of nitrogens with zero attached hydrogens (tertiary/aromatic N) is 3. The molecule has 0 unspecified atom stereocenters. The maximum absolute atomic E-state index is 13.0. The third-order valence-electron chi connectivity index (χ3n) is 5.34. The molecule has 0 aliphatic heterocycles. The summed E-state index contributed by atoms with van der Waals surface area (Å²) < 4.78 is 38.7. The van der Waals surface area contributed by atoms with Gasteiger partial charge < -0.3 is 14.0 Å². The molecule has 1 heterocycles. The number of hydrogen-bond acceptors (Lipinski definition) is 8. The van der Waals surface area contributed by atoms with Gasteiger partial charge in [0.15, 0.2) is 4.80 Å². The lowest BCUT2D eigenvalue weighted by Crippen LogP contribution is -2.30. The van der Waals surface area contributed by atoms with Gasteiger partial charge in [-0.25, -0.2) is 13.2 Å². The van der Waals surface area contributed by atoms with Gasteiger partial charge in [-0.2, -0.15) is 9.30 Å². The third kappa shape index (κ3) is 5.72. The highest BCUT2D eigenvalue weighted by Crippen LogP contribution is 2.21. The lowest BCUT2D eigenvalue weighted by molar-refractivity contribution is -0.143. The first kappa shape index (κ1) is 27.2. The smallest absolute Gasteiger partial charge is 0.337 e. The predicted octanol–water partition coefficient (Wildman–Crippen LogP) is 2.82. The van der Waals surface area contributed by atoms with E-state index in [4.69, 9.17) is 9.47 Å². The Kier molecular flexibility index (Phi) is 8.77. The number of ether oxygens (including phenoxy) is 2. The molecule has 0 aliphatic carbocycles. The fraction of sp³-hybridized carbons (Fsp3) is 0.333. The van der Waals surface area contributed by atoms with Crippen molar-refractivity contribution in [1.82, 2.24) is 8.87 Å². The SMILES string of the molecule is CCOC(=O)Cn1c(=NC(=O)c2ccc(S(=O)(=O)N(CC)CC)cc2)sc2cc(C(=O)OC)ccc21. The van der Waals surface area contributed by atoms with E-state index in [2.05, 4.69) is 4.99 Å². The number of sulfonamides is 1. The summed E-state index contributed by atoms with van der Waals surface area (Å²) in [4.78, 5) is 41.6. The first-order valence-corrected chi connectivity index (χ1v) is 13.5. The quantitative estimate of drug-likeness (QED) is 0.387. The predicted molar refractivity (Wildman–Crippen MR) is 134 cm³/mol. The second kappa shape index (κ2) is 11.6. The van der Waals surface area contributed by atoms with E-state index in [-0.39, 0.29) is 28.4 Å². The summed E-state index contributed by atoms with van der Waals surface area (Å²) in [6, 6.07) is 10.4. The number of thiazole rings is 1. The van der Waals surface area contributed by atoms with Crippen molar-refractivity contribution in [3.8, 4) is 0 Å². The van der Waals surface area contributed by atoms with E-state index in [9.17, 15) is 22.8 Å². The Balaban J connectivity index is 2.04. The van der Waals surface area contributed by atoms with Crippen LogP contribution in [0.25, 0.3) is 10.2 Å². The van der Waals surface area contributed by atoms with Gasteiger partial charge in [-0.3, -0.25) is 9.59 Å². The molecule has 0 fully saturated rings. The molecule has 192 valence electrons. The van der Waals surface area contributed by atoms with Gasteiger partial charge in [0.2, 0.25) is 10.0 Å². The summed E-state index contributed by atoms with van der Waals surface area (Å²) in [5, 5.41) is 0. The number of aromatic nitrogens is 1. The van der Waals surface area contributed by atoms with Gasteiger partial charge in [0.25, 0.3) is 5.91 Å². The van der Waals surface area contributed by atoms with E-state index in [1.54, 1.807) is 39.0 Å². The van der Waals surface area contributed by atoms with Gasteiger partial charge in [0, 0.05) is 18.7 Å². The van der Waals surface area contributed by atoms with E-state index < -0.39 is 27.9 Å². The molecule has 0 N–H and O–H groups in total. The second-order valence-corrected chi connectivity index (χ2v) is 10.4. The average molecular weight is 534 g/mol. The molecular formula is C24H27N3O7S2. The number of benzene rings is 2. The molecule has 3 rings (SSSR count). The maximum Gasteiger partial charge on any atom is 0.337 e. The zero-order valence-corrected chi connectivity index (χ0v) is 22.0. The fourth-order valence-electron chi connectivity index (χ4n) is 3.53. The molecule has 0 aliphatic rings. The molecule has 0 bridgehead atoms.